The molecule has 0 aliphatic heterocycles. The third kappa shape index (κ3) is 3.64. The van der Waals surface area contributed by atoms with E-state index in [0.29, 0.717) is 0 Å². The van der Waals surface area contributed by atoms with Gasteiger partial charge in [-0.25, -0.2) is 0 Å². The van der Waals surface area contributed by atoms with E-state index in [-0.39, 0.29) is 44.8 Å². The Hall–Kier alpha value is -6.90. The summed E-state index contributed by atoms with van der Waals surface area (Å²) in [7, 11) is 0. The van der Waals surface area contributed by atoms with Crippen molar-refractivity contribution in [3.8, 4) is 22.9 Å². The number of aromatic nitrogens is 2. The predicted molar refractivity (Wildman–Crippen MR) is 154 cm³/mol. The van der Waals surface area contributed by atoms with Crippen LogP contribution in [0.2, 0.25) is 0 Å². The van der Waals surface area contributed by atoms with Gasteiger partial charge < -0.3 is 15.9 Å². The lowest BCUT2D eigenvalue weighted by atomic mass is 9.81. The highest BCUT2D eigenvalue weighted by molar-refractivity contribution is 6.33. The molecule has 4 aromatic carbocycles. The number of nitrogens with zero attached hydrogens (tertiary/aromatic N) is 4. The number of fused-ring (bicyclic) bond motifs is 4. The van der Waals surface area contributed by atoms with Gasteiger partial charge in [-0.05, 0) is 0 Å². The number of ketones is 4. The van der Waals surface area contributed by atoms with E-state index in [1.807, 2.05) is 0 Å². The standard InChI is InChI=1S/C30H14N6O9/c31-23-15(9-17(35(41)42)19-21(23)27(39)13-7-3-1-5-11(13)25(19)37)29-33-34-30(45-29)16-10-18(36(43)44)20-22(24(16)32)28(40)14-8-4-2-6-12(14)26(20)38/h1-10H,31-32H2. The van der Waals surface area contributed by atoms with Gasteiger partial charge in [-0.15, -0.1) is 10.2 Å². The molecule has 15 nitrogen and oxygen atoms in total. The van der Waals surface area contributed by atoms with Crippen LogP contribution < -0.4 is 11.5 Å². The summed E-state index contributed by atoms with van der Waals surface area (Å²) in [6, 6.07) is 13.4. The fourth-order valence-electron chi connectivity index (χ4n) is 5.68. The summed E-state index contributed by atoms with van der Waals surface area (Å²) in [5, 5.41) is 31.9. The van der Waals surface area contributed by atoms with E-state index in [9.17, 15) is 39.4 Å². The SMILES string of the molecule is Nc1c(-c2nnc(-c3cc([N+](=O)[O-])c4c(c3N)C(=O)c3ccccc3C4=O)o2)cc([N+](=O)[O-])c2c1C(=O)c1ccccc1C2=O. The number of nitrogens with two attached hydrogens (primary N) is 2. The summed E-state index contributed by atoms with van der Waals surface area (Å²) >= 11 is 0. The molecule has 15 heteroatoms. The number of anilines is 2. The first-order valence-electron chi connectivity index (χ1n) is 12.9. The second-order valence-electron chi connectivity index (χ2n) is 10.0. The van der Waals surface area contributed by atoms with Gasteiger partial charge in [0.2, 0.25) is 11.6 Å². The van der Waals surface area contributed by atoms with Gasteiger partial charge in [-0.3, -0.25) is 39.4 Å². The van der Waals surface area contributed by atoms with E-state index in [2.05, 4.69) is 10.2 Å². The maximum Gasteiger partial charge on any atom is 0.282 e. The molecule has 4 N–H and O–H groups in total. The van der Waals surface area contributed by atoms with E-state index in [1.165, 1.54) is 48.5 Å². The molecular formula is C30H14N6O9. The van der Waals surface area contributed by atoms with E-state index >= 15 is 0 Å². The van der Waals surface area contributed by atoms with Crippen LogP contribution >= 0.6 is 0 Å². The highest BCUT2D eigenvalue weighted by Gasteiger charge is 2.41. The fraction of sp³-hybridized carbons (Fsp3) is 0. The number of nitrogen functional groups attached to an aromatic ring is 2. The Bertz CT molecular complexity index is 2130. The molecule has 1 heterocycles. The third-order valence-corrected chi connectivity index (χ3v) is 7.71. The van der Waals surface area contributed by atoms with Crippen molar-refractivity contribution in [1.29, 1.82) is 0 Å². The lowest BCUT2D eigenvalue weighted by Gasteiger charge is -2.20. The number of carbonyl (C=O) groups is 4. The van der Waals surface area contributed by atoms with Crippen molar-refractivity contribution in [2.75, 3.05) is 11.5 Å². The van der Waals surface area contributed by atoms with Crippen LogP contribution in [0.25, 0.3) is 22.9 Å². The monoisotopic (exact) mass is 602 g/mol. The van der Waals surface area contributed by atoms with Gasteiger partial charge in [0.15, 0.2) is 11.6 Å². The molecule has 0 bridgehead atoms. The minimum Gasteiger partial charge on any atom is -0.416 e. The second-order valence-corrected chi connectivity index (χ2v) is 10.0. The molecule has 7 rings (SSSR count). The van der Waals surface area contributed by atoms with Gasteiger partial charge >= 0.3 is 0 Å². The van der Waals surface area contributed by atoms with E-state index in [0.717, 1.165) is 12.1 Å². The average molecular weight is 602 g/mol. The van der Waals surface area contributed by atoms with Crippen LogP contribution in [0.4, 0.5) is 22.7 Å². The topological polar surface area (TPSA) is 246 Å². The van der Waals surface area contributed by atoms with Crippen LogP contribution in [0.15, 0.2) is 65.1 Å². The Morgan fingerprint density at radius 1 is 0.533 bits per heavy atom. The summed E-state index contributed by atoms with van der Waals surface area (Å²) in [4.78, 5) is 75.8. The van der Waals surface area contributed by atoms with E-state index in [1.54, 1.807) is 0 Å². The molecule has 0 radical (unpaired) electrons. The second kappa shape index (κ2) is 9.30. The first-order chi connectivity index (χ1) is 21.5. The number of carbonyl (C=O) groups excluding carboxylic acids is 4. The Morgan fingerprint density at radius 2 is 0.844 bits per heavy atom. The zero-order chi connectivity index (χ0) is 31.9. The summed E-state index contributed by atoms with van der Waals surface area (Å²) in [5.41, 5.74) is 7.97. The van der Waals surface area contributed by atoms with Crippen molar-refractivity contribution in [3.63, 3.8) is 0 Å². The maximum atomic E-state index is 13.4. The first kappa shape index (κ1) is 27.0. The van der Waals surface area contributed by atoms with Crippen molar-refractivity contribution < 1.29 is 33.4 Å². The molecule has 0 atom stereocenters. The molecule has 0 unspecified atom stereocenters. The molecular weight excluding hydrogens is 588 g/mol. The summed E-state index contributed by atoms with van der Waals surface area (Å²) in [5.74, 6) is -3.93. The van der Waals surface area contributed by atoms with Gasteiger partial charge in [0, 0.05) is 34.4 Å². The summed E-state index contributed by atoms with van der Waals surface area (Å²) < 4.78 is 5.71. The van der Waals surface area contributed by atoms with Crippen LogP contribution in [-0.2, 0) is 0 Å². The average Bonchev–Trinajstić information content (AvgIpc) is 3.51. The highest BCUT2D eigenvalue weighted by Crippen LogP contribution is 2.44. The number of nitro benzene ring substituents is 2. The zero-order valence-electron chi connectivity index (χ0n) is 22.4. The number of hydrogen-bond donors (Lipinski definition) is 2. The quantitative estimate of drug-likeness (QED) is 0.165. The summed E-state index contributed by atoms with van der Waals surface area (Å²) in [6.45, 7) is 0. The lowest BCUT2D eigenvalue weighted by Crippen LogP contribution is -2.24. The van der Waals surface area contributed by atoms with Crippen molar-refractivity contribution in [2.24, 2.45) is 0 Å². The largest absolute Gasteiger partial charge is 0.416 e. The molecule has 0 amide bonds. The van der Waals surface area contributed by atoms with Crippen molar-refractivity contribution in [3.05, 3.63) is 125 Å². The van der Waals surface area contributed by atoms with Crippen molar-refractivity contribution >= 4 is 45.9 Å². The predicted octanol–water partition coefficient (Wildman–Crippen LogP) is 3.94. The van der Waals surface area contributed by atoms with Gasteiger partial charge in [-0.2, -0.15) is 0 Å². The number of nitro groups is 2. The van der Waals surface area contributed by atoms with E-state index in [4.69, 9.17) is 15.9 Å². The maximum absolute atomic E-state index is 13.4. The van der Waals surface area contributed by atoms with Gasteiger partial charge in [0.1, 0.15) is 11.1 Å². The molecule has 2 aliphatic rings. The van der Waals surface area contributed by atoms with Crippen LogP contribution in [0.3, 0.4) is 0 Å². The third-order valence-electron chi connectivity index (χ3n) is 7.71. The highest BCUT2D eigenvalue weighted by atomic mass is 16.6. The number of benzene rings is 4. The Labute approximate surface area is 249 Å². The Morgan fingerprint density at radius 3 is 1.16 bits per heavy atom. The molecule has 1 aromatic heterocycles. The number of rotatable bonds is 4. The van der Waals surface area contributed by atoms with Crippen molar-refractivity contribution in [2.45, 2.75) is 0 Å². The van der Waals surface area contributed by atoms with E-state index < -0.39 is 78.4 Å². The molecule has 0 saturated carbocycles. The minimum atomic E-state index is -0.858. The smallest absolute Gasteiger partial charge is 0.282 e. The number of hydrogen-bond acceptors (Lipinski definition) is 13. The minimum absolute atomic E-state index is 0.00528. The van der Waals surface area contributed by atoms with Crippen molar-refractivity contribution in [1.82, 2.24) is 10.2 Å². The van der Waals surface area contributed by atoms with Crippen LogP contribution in [0, 0.1) is 20.2 Å². The molecule has 0 spiro atoms. The van der Waals surface area contributed by atoms with Gasteiger partial charge in [0.25, 0.3) is 23.2 Å². The normalized spacial score (nSPS) is 13.2. The van der Waals surface area contributed by atoms with Crippen LogP contribution in [0.1, 0.15) is 63.7 Å². The Balaban J connectivity index is 1.42. The fourth-order valence-corrected chi connectivity index (χ4v) is 5.68. The van der Waals surface area contributed by atoms with Crippen LogP contribution in [-0.4, -0.2) is 43.2 Å². The summed E-state index contributed by atoms with van der Waals surface area (Å²) in [6.07, 6.45) is 0. The van der Waals surface area contributed by atoms with Gasteiger partial charge in [-0.1, -0.05) is 48.5 Å². The molecule has 2 aliphatic carbocycles. The van der Waals surface area contributed by atoms with Gasteiger partial charge in [0.05, 0.1) is 43.5 Å². The molecule has 0 saturated heterocycles. The van der Waals surface area contributed by atoms with Crippen LogP contribution in [0.5, 0.6) is 0 Å². The molecule has 45 heavy (non-hydrogen) atoms. The molecule has 0 fully saturated rings. The molecule has 218 valence electrons. The Kier molecular flexibility index (Phi) is 5.57. The molecule has 5 aromatic rings. The first-order valence-corrected chi connectivity index (χ1v) is 12.9. The lowest BCUT2D eigenvalue weighted by molar-refractivity contribution is -0.385. The zero-order valence-corrected chi connectivity index (χ0v) is 22.4.